The third kappa shape index (κ3) is 3.08. The van der Waals surface area contributed by atoms with Gasteiger partial charge in [-0.15, -0.1) is 11.3 Å². The predicted molar refractivity (Wildman–Crippen MR) is 55.4 cm³/mol. The SMILES string of the molecule is Cc1ncc(CC(CCN)C(=O)O)s1. The molecule has 0 aliphatic heterocycles. The first-order valence-electron chi connectivity index (χ1n) is 4.47. The quantitative estimate of drug-likeness (QED) is 0.768. The molecule has 1 aromatic heterocycles. The summed E-state index contributed by atoms with van der Waals surface area (Å²) in [6, 6.07) is 0. The summed E-state index contributed by atoms with van der Waals surface area (Å²) in [7, 11) is 0. The van der Waals surface area contributed by atoms with Crippen LogP contribution in [0.2, 0.25) is 0 Å². The number of aliphatic carboxylic acids is 1. The molecule has 0 saturated heterocycles. The first kappa shape index (κ1) is 11.1. The number of carboxylic acids is 1. The van der Waals surface area contributed by atoms with Gasteiger partial charge in [0.15, 0.2) is 0 Å². The van der Waals surface area contributed by atoms with Gasteiger partial charge in [-0.2, -0.15) is 0 Å². The fourth-order valence-electron chi connectivity index (χ4n) is 1.26. The number of carboxylic acid groups (broad SMARTS) is 1. The van der Waals surface area contributed by atoms with E-state index < -0.39 is 5.97 Å². The molecule has 0 aromatic carbocycles. The topological polar surface area (TPSA) is 76.2 Å². The van der Waals surface area contributed by atoms with Crippen LogP contribution in [0, 0.1) is 12.8 Å². The van der Waals surface area contributed by atoms with Crippen molar-refractivity contribution in [1.29, 1.82) is 0 Å². The average Bonchev–Trinajstić information content (AvgIpc) is 2.50. The normalized spacial score (nSPS) is 12.7. The molecule has 0 saturated carbocycles. The number of hydrogen-bond donors (Lipinski definition) is 2. The van der Waals surface area contributed by atoms with E-state index >= 15 is 0 Å². The molecule has 1 rings (SSSR count). The summed E-state index contributed by atoms with van der Waals surface area (Å²) in [5.41, 5.74) is 5.35. The maximum absolute atomic E-state index is 10.8. The molecule has 78 valence electrons. The molecule has 4 nitrogen and oxygen atoms in total. The lowest BCUT2D eigenvalue weighted by atomic mass is 10.0. The predicted octanol–water partition coefficient (Wildman–Crippen LogP) is 1.04. The average molecular weight is 214 g/mol. The number of rotatable bonds is 5. The van der Waals surface area contributed by atoms with Gasteiger partial charge in [0.05, 0.1) is 10.9 Å². The Morgan fingerprint density at radius 2 is 2.50 bits per heavy atom. The van der Waals surface area contributed by atoms with Crippen LogP contribution in [-0.2, 0) is 11.2 Å². The molecule has 1 aromatic rings. The third-order valence-electron chi connectivity index (χ3n) is 1.98. The van der Waals surface area contributed by atoms with Gasteiger partial charge < -0.3 is 10.8 Å². The van der Waals surface area contributed by atoms with Gasteiger partial charge in [-0.25, -0.2) is 4.98 Å². The second-order valence-electron chi connectivity index (χ2n) is 3.16. The number of carbonyl (C=O) groups is 1. The lowest BCUT2D eigenvalue weighted by Gasteiger charge is -2.08. The molecule has 1 atom stereocenters. The van der Waals surface area contributed by atoms with Crippen molar-refractivity contribution in [2.45, 2.75) is 19.8 Å². The Morgan fingerprint density at radius 3 is 2.93 bits per heavy atom. The zero-order valence-electron chi connectivity index (χ0n) is 8.06. The van der Waals surface area contributed by atoms with Crippen molar-refractivity contribution < 1.29 is 9.90 Å². The largest absolute Gasteiger partial charge is 0.481 e. The van der Waals surface area contributed by atoms with Gasteiger partial charge >= 0.3 is 5.97 Å². The lowest BCUT2D eigenvalue weighted by Crippen LogP contribution is -2.19. The van der Waals surface area contributed by atoms with Crippen molar-refractivity contribution in [2.24, 2.45) is 11.7 Å². The smallest absolute Gasteiger partial charge is 0.306 e. The van der Waals surface area contributed by atoms with Gasteiger partial charge in [0.2, 0.25) is 0 Å². The van der Waals surface area contributed by atoms with E-state index in [-0.39, 0.29) is 5.92 Å². The second kappa shape index (κ2) is 5.07. The maximum atomic E-state index is 10.8. The van der Waals surface area contributed by atoms with Crippen molar-refractivity contribution in [2.75, 3.05) is 6.54 Å². The number of hydrogen-bond acceptors (Lipinski definition) is 4. The summed E-state index contributed by atoms with van der Waals surface area (Å²) in [5.74, 6) is -1.15. The fraction of sp³-hybridized carbons (Fsp3) is 0.556. The van der Waals surface area contributed by atoms with Crippen LogP contribution in [0.15, 0.2) is 6.20 Å². The van der Waals surface area contributed by atoms with Crippen LogP contribution in [0.1, 0.15) is 16.3 Å². The molecule has 1 heterocycles. The summed E-state index contributed by atoms with van der Waals surface area (Å²) in [6.45, 7) is 2.32. The Balaban J connectivity index is 2.59. The number of nitrogens with two attached hydrogens (primary N) is 1. The molecule has 14 heavy (non-hydrogen) atoms. The highest BCUT2D eigenvalue weighted by Gasteiger charge is 2.17. The van der Waals surface area contributed by atoms with Crippen LogP contribution in [0.5, 0.6) is 0 Å². The van der Waals surface area contributed by atoms with E-state index in [9.17, 15) is 4.79 Å². The molecule has 0 aliphatic carbocycles. The summed E-state index contributed by atoms with van der Waals surface area (Å²) >= 11 is 1.54. The van der Waals surface area contributed by atoms with Crippen LogP contribution < -0.4 is 5.73 Å². The minimum absolute atomic E-state index is 0.375. The molecule has 0 aliphatic rings. The van der Waals surface area contributed by atoms with E-state index in [1.54, 1.807) is 17.5 Å². The van der Waals surface area contributed by atoms with E-state index in [0.717, 1.165) is 9.88 Å². The van der Waals surface area contributed by atoms with Gasteiger partial charge in [0.1, 0.15) is 0 Å². The standard InChI is InChI=1S/C9H14N2O2S/c1-6-11-5-8(14-6)4-7(2-3-10)9(12)13/h5,7H,2-4,10H2,1H3,(H,12,13). The Hall–Kier alpha value is -0.940. The molecule has 5 heteroatoms. The summed E-state index contributed by atoms with van der Waals surface area (Å²) in [5, 5.41) is 9.87. The van der Waals surface area contributed by atoms with Crippen LogP contribution in [0.25, 0.3) is 0 Å². The fourth-order valence-corrected chi connectivity index (χ4v) is 2.13. The van der Waals surface area contributed by atoms with Crippen molar-refractivity contribution in [3.05, 3.63) is 16.1 Å². The maximum Gasteiger partial charge on any atom is 0.306 e. The molecule has 0 radical (unpaired) electrons. The summed E-state index contributed by atoms with van der Waals surface area (Å²) < 4.78 is 0. The van der Waals surface area contributed by atoms with Gasteiger partial charge in [0, 0.05) is 11.1 Å². The van der Waals surface area contributed by atoms with Crippen LogP contribution in [0.4, 0.5) is 0 Å². The first-order chi connectivity index (χ1) is 6.63. The van der Waals surface area contributed by atoms with Gasteiger partial charge in [-0.1, -0.05) is 0 Å². The minimum Gasteiger partial charge on any atom is -0.481 e. The molecule has 1 unspecified atom stereocenters. The highest BCUT2D eigenvalue weighted by atomic mass is 32.1. The zero-order valence-corrected chi connectivity index (χ0v) is 8.88. The van der Waals surface area contributed by atoms with E-state index in [0.29, 0.717) is 19.4 Å². The molecule has 0 bridgehead atoms. The Labute approximate surface area is 86.8 Å². The monoisotopic (exact) mass is 214 g/mol. The van der Waals surface area contributed by atoms with E-state index in [1.165, 1.54) is 0 Å². The van der Waals surface area contributed by atoms with Crippen molar-refractivity contribution in [3.63, 3.8) is 0 Å². The van der Waals surface area contributed by atoms with Gasteiger partial charge in [-0.3, -0.25) is 4.79 Å². The Bertz CT molecular complexity index is 312. The number of nitrogens with zero attached hydrogens (tertiary/aromatic N) is 1. The van der Waals surface area contributed by atoms with E-state index in [4.69, 9.17) is 10.8 Å². The van der Waals surface area contributed by atoms with Crippen LogP contribution in [0.3, 0.4) is 0 Å². The third-order valence-corrected chi connectivity index (χ3v) is 2.92. The van der Waals surface area contributed by atoms with Crippen molar-refractivity contribution in [3.8, 4) is 0 Å². The molecular weight excluding hydrogens is 200 g/mol. The summed E-state index contributed by atoms with van der Waals surface area (Å²) in [4.78, 5) is 15.9. The van der Waals surface area contributed by atoms with Crippen LogP contribution >= 0.6 is 11.3 Å². The number of aryl methyl sites for hydroxylation is 1. The highest BCUT2D eigenvalue weighted by molar-refractivity contribution is 7.11. The molecular formula is C9H14N2O2S. The molecule has 0 amide bonds. The highest BCUT2D eigenvalue weighted by Crippen LogP contribution is 2.18. The van der Waals surface area contributed by atoms with Crippen molar-refractivity contribution >= 4 is 17.3 Å². The van der Waals surface area contributed by atoms with E-state index in [2.05, 4.69) is 4.98 Å². The first-order valence-corrected chi connectivity index (χ1v) is 5.29. The Kier molecular flexibility index (Phi) is 4.03. The molecule has 0 spiro atoms. The summed E-state index contributed by atoms with van der Waals surface area (Å²) in [6.07, 6.45) is 2.80. The lowest BCUT2D eigenvalue weighted by molar-refractivity contribution is -0.141. The van der Waals surface area contributed by atoms with Gasteiger partial charge in [0.25, 0.3) is 0 Å². The minimum atomic E-state index is -0.776. The van der Waals surface area contributed by atoms with E-state index in [1.807, 2.05) is 6.92 Å². The zero-order chi connectivity index (χ0) is 10.6. The van der Waals surface area contributed by atoms with Gasteiger partial charge in [-0.05, 0) is 26.3 Å². The second-order valence-corrected chi connectivity index (χ2v) is 4.48. The number of thiazole rings is 1. The number of aromatic nitrogens is 1. The Morgan fingerprint density at radius 1 is 1.79 bits per heavy atom. The van der Waals surface area contributed by atoms with Crippen LogP contribution in [-0.4, -0.2) is 22.6 Å². The van der Waals surface area contributed by atoms with Crippen molar-refractivity contribution in [1.82, 2.24) is 4.98 Å². The molecule has 3 N–H and O–H groups in total. The molecule has 0 fully saturated rings.